The molecule has 0 aliphatic carbocycles. The van der Waals surface area contributed by atoms with Gasteiger partial charge in [-0.3, -0.25) is 9.59 Å². The second-order valence-corrected chi connectivity index (χ2v) is 9.27. The number of aliphatic carboxylic acids is 2. The van der Waals surface area contributed by atoms with Crippen LogP contribution >= 0.6 is 0 Å². The Morgan fingerprint density at radius 2 is 0.810 bits per heavy atom. The monoisotopic (exact) mass is 1060 g/mol. The fraction of sp³-hybridized carbons (Fsp3) is 0.250. The number of rotatable bonds is 16. The van der Waals surface area contributed by atoms with Crippen LogP contribution in [-0.4, -0.2) is 119 Å². The van der Waals surface area contributed by atoms with Crippen molar-refractivity contribution < 1.29 is 168 Å². The fourth-order valence-electron chi connectivity index (χ4n) is 3.17. The van der Waals surface area contributed by atoms with Crippen LogP contribution in [-0.2, 0) is 67.9 Å². The van der Waals surface area contributed by atoms with Crippen molar-refractivity contribution in [2.24, 2.45) is 20.6 Å². The van der Waals surface area contributed by atoms with E-state index in [0.717, 1.165) is 13.8 Å². The van der Waals surface area contributed by atoms with E-state index in [1.54, 1.807) is 36.4 Å². The maximum Gasteiger partial charge on any atom is 0.300 e. The number of hydrogen-bond donors (Lipinski definition) is 6. The van der Waals surface area contributed by atoms with E-state index in [-0.39, 0.29) is 143 Å². The zero-order chi connectivity index (χ0) is 40.9. The second kappa shape index (κ2) is 37.8. The van der Waals surface area contributed by atoms with E-state index in [0.29, 0.717) is 22.6 Å². The zero-order valence-corrected chi connectivity index (χ0v) is 39.8. The van der Waals surface area contributed by atoms with Gasteiger partial charge < -0.3 is 80.3 Å². The van der Waals surface area contributed by atoms with Crippen molar-refractivity contribution in [3.63, 3.8) is 0 Å². The first kappa shape index (κ1) is 62.5. The van der Waals surface area contributed by atoms with Gasteiger partial charge in [-0.15, -0.1) is 0 Å². The first-order valence-electron chi connectivity index (χ1n) is 14.7. The summed E-state index contributed by atoms with van der Waals surface area (Å²) in [5.74, 6) is -2.00. The Hall–Kier alpha value is -4.73. The van der Waals surface area contributed by atoms with Crippen molar-refractivity contribution in [1.29, 1.82) is 0 Å². The molecule has 3 aromatic rings. The third kappa shape index (κ3) is 29.5. The molecule has 3 aromatic carbocycles. The van der Waals surface area contributed by atoms with Gasteiger partial charge in [0.1, 0.15) is 0 Å². The van der Waals surface area contributed by atoms with Gasteiger partial charge in [-0.05, 0) is 36.4 Å². The van der Waals surface area contributed by atoms with Crippen LogP contribution in [0.4, 0.5) is 0 Å². The predicted molar refractivity (Wildman–Crippen MR) is 194 cm³/mol. The number of phenols is 4. The Bertz CT molecular complexity index is 1610. The maximum atomic E-state index is 10.2. The van der Waals surface area contributed by atoms with Crippen molar-refractivity contribution >= 4 is 36.8 Å². The molecule has 0 fully saturated rings. The molecular weight excluding hydrogens is 1030 g/mol. The molecule has 0 aliphatic rings. The minimum Gasteiger partial charge on any atom is -0.504 e. The van der Waals surface area contributed by atoms with Gasteiger partial charge in [0.15, 0.2) is 60.9 Å². The number of nitrogens with zero attached hydrogens (tertiary/aromatic N) is 5. The molecule has 0 spiro atoms. The van der Waals surface area contributed by atoms with Gasteiger partial charge in [-0.1, -0.05) is 32.8 Å². The van der Waals surface area contributed by atoms with Crippen LogP contribution in [0.5, 0.6) is 34.5 Å². The Kier molecular flexibility index (Phi) is 40.7. The van der Waals surface area contributed by atoms with E-state index in [1.165, 1.54) is 51.2 Å². The summed E-state index contributed by atoms with van der Waals surface area (Å²) in [5, 5.41) is 84.9. The number of oxime groups is 4. The molecule has 1 radical (unpaired) electrons. The summed E-state index contributed by atoms with van der Waals surface area (Å²) in [6.45, 7) is 2.39. The van der Waals surface area contributed by atoms with Crippen LogP contribution in [0.15, 0.2) is 69.2 Å². The van der Waals surface area contributed by atoms with Crippen LogP contribution < -0.4 is 9.47 Å². The molecule has 0 aliphatic heterocycles. The normalized spacial score (nSPS) is 9.59. The number of aromatic hydroxyl groups is 4. The van der Waals surface area contributed by atoms with Crippen LogP contribution in [0.25, 0.3) is 0 Å². The van der Waals surface area contributed by atoms with Crippen molar-refractivity contribution in [3.05, 3.63) is 86.1 Å². The van der Waals surface area contributed by atoms with Crippen molar-refractivity contribution in [1.82, 2.24) is 0 Å². The Balaban J connectivity index is -0.000000515. The summed E-state index contributed by atoms with van der Waals surface area (Å²) in [7, 11) is 2.89. The minimum absolute atomic E-state index is 0. The zero-order valence-electron chi connectivity index (χ0n) is 31.5. The molecule has 26 heteroatoms. The quantitative estimate of drug-likeness (QED) is 0.0300. The summed E-state index contributed by atoms with van der Waals surface area (Å²) in [6, 6.07) is 12.9. The number of carboxylic acids is 2. The van der Waals surface area contributed by atoms with Crippen molar-refractivity contribution in [2.45, 2.75) is 13.8 Å². The van der Waals surface area contributed by atoms with Crippen LogP contribution in [0.1, 0.15) is 36.1 Å². The third-order valence-corrected chi connectivity index (χ3v) is 5.31. The molecule has 0 unspecified atom stereocenters. The van der Waals surface area contributed by atoms with Crippen LogP contribution in [0.3, 0.4) is 0 Å². The third-order valence-electron chi connectivity index (χ3n) is 5.31. The van der Waals surface area contributed by atoms with E-state index in [2.05, 4.69) is 20.6 Å². The smallest absolute Gasteiger partial charge is 0.300 e. The average Bonchev–Trinajstić information content (AvgIpc) is 3.10. The van der Waals surface area contributed by atoms with Gasteiger partial charge in [0.2, 0.25) is 0 Å². The molecule has 0 atom stereocenters. The Morgan fingerprint density at radius 1 is 0.586 bits per heavy atom. The number of para-hydroxylation sites is 2. The number of hydrogen-bond acceptors (Lipinski definition) is 19. The van der Waals surface area contributed by atoms with Crippen molar-refractivity contribution in [3.8, 4) is 34.5 Å². The molecule has 0 aromatic heterocycles. The van der Waals surface area contributed by atoms with Gasteiger partial charge in [0.05, 0.1) is 44.2 Å². The maximum absolute atomic E-state index is 10.2. The molecule has 0 saturated heterocycles. The molecule has 3 rings (SSSR count). The standard InChI is InChI=1S/C28H30N4O10.2C2H4O2.Eu.NO3.H2O.2Zn/c1-37-23-7-3-5-19(25(23)33)15-29-39-11-13-41-31-17-21-9-10-22(28(36)27(21)35)18-32-42-14-12-40-30-16-20-6-4-8-24(38-2)26(20)34;2*1-2(3)4;;2-1(3)4;;;/h3-10,15-18,33-36H,11-14H2,1-2H3;2*1H3,(H,3,4);;;1H2;;/q;;;;-1;;;/b29-15+,30-16+,31-17+,32-18+;;;;;;;. The van der Waals surface area contributed by atoms with Crippen molar-refractivity contribution in [2.75, 3.05) is 40.6 Å². The number of benzene rings is 3. The second-order valence-electron chi connectivity index (χ2n) is 9.27. The van der Waals surface area contributed by atoms with E-state index in [1.807, 2.05) is 0 Å². The molecule has 0 amide bonds. The Labute approximate surface area is 397 Å². The van der Waals surface area contributed by atoms with E-state index in [4.69, 9.17) is 63.9 Å². The van der Waals surface area contributed by atoms with Gasteiger partial charge in [-0.2, -0.15) is 0 Å². The topological polar surface area (TPSA) is 358 Å². The molecule has 0 heterocycles. The minimum atomic E-state index is -1.75. The molecule has 0 bridgehead atoms. The summed E-state index contributed by atoms with van der Waals surface area (Å²) >= 11 is 0. The van der Waals surface area contributed by atoms with Crippen LogP contribution in [0, 0.1) is 64.7 Å². The molecule has 8 N–H and O–H groups in total. The SMILES string of the molecule is CC(=O)O.CC(=O)O.COc1cccc(/C=N/OCCO/N=C/c2ccc(/C=N/OCCO/N=C/c3cccc(OC)c3O)c(O)c2O)c1O.O.O=[N+]([O-])[O-].[Eu].[Zn].[Zn]. The molecule has 58 heavy (non-hydrogen) atoms. The summed E-state index contributed by atoms with van der Waals surface area (Å²) in [5.41, 5.74) is 1.25. The van der Waals surface area contributed by atoms with Gasteiger partial charge in [0, 0.05) is 124 Å². The number of carboxylic acid groups (broad SMARTS) is 2. The largest absolute Gasteiger partial charge is 0.504 e. The number of phenolic OH excluding ortho intramolecular Hbond substituents is 4. The summed E-state index contributed by atoms with van der Waals surface area (Å²) in [4.78, 5) is 46.5. The van der Waals surface area contributed by atoms with E-state index >= 15 is 0 Å². The number of ether oxygens (including phenoxy) is 2. The first-order valence-corrected chi connectivity index (χ1v) is 14.7. The number of methoxy groups -OCH3 is 2. The van der Waals surface area contributed by atoms with Crippen LogP contribution in [0.2, 0.25) is 0 Å². The molecule has 23 nitrogen and oxygen atoms in total. The van der Waals surface area contributed by atoms with Gasteiger partial charge in [0.25, 0.3) is 11.9 Å². The Morgan fingerprint density at radius 3 is 1.03 bits per heavy atom. The first-order chi connectivity index (χ1) is 25.7. The summed E-state index contributed by atoms with van der Waals surface area (Å²) < 4.78 is 10.0. The number of carbonyl (C=O) groups is 2. The predicted octanol–water partition coefficient (Wildman–Crippen LogP) is 2.44. The van der Waals surface area contributed by atoms with Gasteiger partial charge in [-0.25, -0.2) is 0 Å². The molecule has 0 saturated carbocycles. The average molecular weight is 1070 g/mol. The van der Waals surface area contributed by atoms with E-state index < -0.39 is 28.5 Å². The van der Waals surface area contributed by atoms with Gasteiger partial charge >= 0.3 is 0 Å². The summed E-state index contributed by atoms with van der Waals surface area (Å²) in [6.07, 6.45) is 5.09. The fourth-order valence-corrected chi connectivity index (χ4v) is 3.17. The van der Waals surface area contributed by atoms with E-state index in [9.17, 15) is 20.4 Å². The molecule has 313 valence electrons. The molecular formula is C32H40EuN5O18Zn2-.